The second-order valence-electron chi connectivity index (χ2n) is 8.55. The molecular weight excluding hydrogens is 392 g/mol. The Morgan fingerprint density at radius 2 is 1.79 bits per heavy atom. The van der Waals surface area contributed by atoms with Gasteiger partial charge in [-0.15, -0.1) is 0 Å². The Morgan fingerprint density at radius 3 is 2.52 bits per heavy atom. The van der Waals surface area contributed by atoms with E-state index in [9.17, 15) is 4.79 Å². The molecule has 7 heteroatoms. The van der Waals surface area contributed by atoms with Gasteiger partial charge in [0.1, 0.15) is 0 Å². The van der Waals surface area contributed by atoms with E-state index in [0.29, 0.717) is 53.4 Å². The highest BCUT2D eigenvalue weighted by atomic mass is 35.5. The molecular formula is C22H31ClN2O4. The van der Waals surface area contributed by atoms with E-state index >= 15 is 0 Å². The van der Waals surface area contributed by atoms with Gasteiger partial charge in [0.2, 0.25) is 0 Å². The van der Waals surface area contributed by atoms with Crippen LogP contribution < -0.4 is 9.47 Å². The summed E-state index contributed by atoms with van der Waals surface area (Å²) in [4.78, 5) is 17.5. The summed E-state index contributed by atoms with van der Waals surface area (Å²) in [6, 6.07) is 3.48. The molecule has 0 spiro atoms. The van der Waals surface area contributed by atoms with Gasteiger partial charge in [0, 0.05) is 44.7 Å². The highest BCUT2D eigenvalue weighted by molar-refractivity contribution is 6.32. The lowest BCUT2D eigenvalue weighted by molar-refractivity contribution is -0.0728. The number of carbonyl (C=O) groups excluding carboxylic acids is 1. The molecule has 0 N–H and O–H groups in total. The summed E-state index contributed by atoms with van der Waals surface area (Å²) in [6.45, 7) is 10.1. The molecule has 1 aromatic rings. The van der Waals surface area contributed by atoms with Crippen LogP contribution in [0, 0.1) is 5.92 Å². The van der Waals surface area contributed by atoms with E-state index in [1.807, 2.05) is 4.90 Å². The van der Waals surface area contributed by atoms with E-state index < -0.39 is 0 Å². The number of likely N-dealkylation sites (tertiary alicyclic amines) is 1. The van der Waals surface area contributed by atoms with Gasteiger partial charge >= 0.3 is 0 Å². The van der Waals surface area contributed by atoms with Crippen LogP contribution in [0.3, 0.4) is 0 Å². The predicted molar refractivity (Wildman–Crippen MR) is 112 cm³/mol. The quantitative estimate of drug-likeness (QED) is 0.746. The molecule has 2 unspecified atom stereocenters. The van der Waals surface area contributed by atoms with E-state index in [2.05, 4.69) is 18.7 Å². The van der Waals surface area contributed by atoms with Crippen molar-refractivity contribution in [3.63, 3.8) is 0 Å². The van der Waals surface area contributed by atoms with Gasteiger partial charge in [-0.3, -0.25) is 9.69 Å². The number of rotatable bonds is 3. The fraction of sp³-hybridized carbons (Fsp3) is 0.682. The van der Waals surface area contributed by atoms with Gasteiger partial charge in [-0.05, 0) is 44.7 Å². The van der Waals surface area contributed by atoms with Gasteiger partial charge in [0.05, 0.1) is 30.4 Å². The van der Waals surface area contributed by atoms with Gasteiger partial charge in [-0.25, -0.2) is 0 Å². The number of ether oxygens (including phenoxy) is 3. The number of fused-ring (bicyclic) bond motifs is 1. The van der Waals surface area contributed by atoms with Gasteiger partial charge in [-0.2, -0.15) is 0 Å². The third-order valence-corrected chi connectivity index (χ3v) is 6.24. The maximum Gasteiger partial charge on any atom is 0.254 e. The molecule has 2 atom stereocenters. The standard InChI is InChI=1S/C22H31ClN2O4/c1-15-12-24(13-16(2)29-15)14-17-4-6-25(7-5-17)22(26)18-10-19(23)21-20(11-18)27-8-3-9-28-21/h10-11,15-17H,3-9,12-14H2,1-2H3. The average Bonchev–Trinajstić information content (AvgIpc) is 2.93. The third-order valence-electron chi connectivity index (χ3n) is 5.96. The second-order valence-corrected chi connectivity index (χ2v) is 8.95. The predicted octanol–water partition coefficient (Wildman–Crippen LogP) is 3.46. The van der Waals surface area contributed by atoms with Crippen molar-refractivity contribution < 1.29 is 19.0 Å². The minimum Gasteiger partial charge on any atom is -0.489 e. The Balaban J connectivity index is 1.34. The molecule has 2 saturated heterocycles. The number of hydrogen-bond donors (Lipinski definition) is 0. The highest BCUT2D eigenvalue weighted by Crippen LogP contribution is 2.38. The van der Waals surface area contributed by atoms with E-state index in [1.54, 1.807) is 12.1 Å². The van der Waals surface area contributed by atoms with Crippen molar-refractivity contribution in [3.8, 4) is 11.5 Å². The first-order valence-corrected chi connectivity index (χ1v) is 11.1. The zero-order valence-electron chi connectivity index (χ0n) is 17.4. The number of nitrogens with zero attached hydrogens (tertiary/aromatic N) is 2. The summed E-state index contributed by atoms with van der Waals surface area (Å²) in [7, 11) is 0. The number of piperidine rings is 1. The molecule has 3 aliphatic rings. The van der Waals surface area contributed by atoms with Crippen molar-refractivity contribution in [2.24, 2.45) is 5.92 Å². The van der Waals surface area contributed by atoms with Crippen molar-refractivity contribution in [1.29, 1.82) is 0 Å². The Bertz CT molecular complexity index is 726. The number of benzene rings is 1. The largest absolute Gasteiger partial charge is 0.489 e. The van der Waals surface area contributed by atoms with Gasteiger partial charge in [0.15, 0.2) is 11.5 Å². The van der Waals surface area contributed by atoms with Crippen LogP contribution in [0.5, 0.6) is 11.5 Å². The fourth-order valence-corrected chi connectivity index (χ4v) is 4.92. The molecule has 3 heterocycles. The van der Waals surface area contributed by atoms with E-state index in [-0.39, 0.29) is 5.91 Å². The lowest BCUT2D eigenvalue weighted by Crippen LogP contribution is -2.48. The average molecular weight is 423 g/mol. The summed E-state index contributed by atoms with van der Waals surface area (Å²) in [5, 5.41) is 0.443. The van der Waals surface area contributed by atoms with Crippen LogP contribution in [0.25, 0.3) is 0 Å². The Hall–Kier alpha value is -1.50. The monoisotopic (exact) mass is 422 g/mol. The molecule has 160 valence electrons. The van der Waals surface area contributed by atoms with Crippen molar-refractivity contribution >= 4 is 17.5 Å². The van der Waals surface area contributed by atoms with Gasteiger partial charge < -0.3 is 19.1 Å². The van der Waals surface area contributed by atoms with Crippen LogP contribution in [0.1, 0.15) is 43.5 Å². The Morgan fingerprint density at radius 1 is 1.10 bits per heavy atom. The minimum atomic E-state index is 0.0228. The summed E-state index contributed by atoms with van der Waals surface area (Å²) in [5.41, 5.74) is 0.577. The number of carbonyl (C=O) groups is 1. The zero-order valence-corrected chi connectivity index (χ0v) is 18.1. The molecule has 1 amide bonds. The molecule has 4 rings (SSSR count). The normalized spacial score (nSPS) is 26.2. The van der Waals surface area contributed by atoms with Gasteiger partial charge in [-0.1, -0.05) is 11.6 Å². The summed E-state index contributed by atoms with van der Waals surface area (Å²) in [6.07, 6.45) is 3.46. The first kappa shape index (κ1) is 20.8. The molecule has 6 nitrogen and oxygen atoms in total. The van der Waals surface area contributed by atoms with Crippen molar-refractivity contribution in [2.45, 2.75) is 45.3 Å². The summed E-state index contributed by atoms with van der Waals surface area (Å²) < 4.78 is 17.2. The van der Waals surface area contributed by atoms with Crippen molar-refractivity contribution in [1.82, 2.24) is 9.80 Å². The van der Waals surface area contributed by atoms with Crippen LogP contribution in [0.4, 0.5) is 0 Å². The van der Waals surface area contributed by atoms with Crippen LogP contribution in [0.15, 0.2) is 12.1 Å². The summed E-state index contributed by atoms with van der Waals surface area (Å²) in [5.74, 6) is 1.77. The minimum absolute atomic E-state index is 0.0228. The van der Waals surface area contributed by atoms with Crippen LogP contribution >= 0.6 is 11.6 Å². The SMILES string of the molecule is CC1CN(CC2CCN(C(=O)c3cc(Cl)c4c(c3)OCCCO4)CC2)CC(C)O1. The number of amides is 1. The first-order chi connectivity index (χ1) is 14.0. The molecule has 1 aromatic carbocycles. The first-order valence-electron chi connectivity index (χ1n) is 10.8. The number of hydrogen-bond acceptors (Lipinski definition) is 5. The maximum atomic E-state index is 13.1. The molecule has 0 aliphatic carbocycles. The Kier molecular flexibility index (Phi) is 6.52. The molecule has 0 saturated carbocycles. The number of morpholine rings is 1. The molecule has 3 aliphatic heterocycles. The topological polar surface area (TPSA) is 51.2 Å². The van der Waals surface area contributed by atoms with E-state index in [1.165, 1.54) is 0 Å². The smallest absolute Gasteiger partial charge is 0.254 e. The van der Waals surface area contributed by atoms with E-state index in [4.69, 9.17) is 25.8 Å². The molecule has 0 bridgehead atoms. The van der Waals surface area contributed by atoms with Crippen molar-refractivity contribution in [2.75, 3.05) is 45.9 Å². The zero-order chi connectivity index (χ0) is 20.4. The van der Waals surface area contributed by atoms with Gasteiger partial charge in [0.25, 0.3) is 5.91 Å². The maximum absolute atomic E-state index is 13.1. The van der Waals surface area contributed by atoms with E-state index in [0.717, 1.165) is 52.0 Å². The fourth-order valence-electron chi connectivity index (χ4n) is 4.65. The Labute approximate surface area is 178 Å². The molecule has 29 heavy (non-hydrogen) atoms. The van der Waals surface area contributed by atoms with Crippen LogP contribution in [-0.2, 0) is 4.74 Å². The summed E-state index contributed by atoms with van der Waals surface area (Å²) >= 11 is 6.37. The van der Waals surface area contributed by atoms with Crippen LogP contribution in [0.2, 0.25) is 5.02 Å². The highest BCUT2D eigenvalue weighted by Gasteiger charge is 2.29. The second kappa shape index (κ2) is 9.11. The lowest BCUT2D eigenvalue weighted by atomic mass is 9.95. The van der Waals surface area contributed by atoms with Crippen molar-refractivity contribution in [3.05, 3.63) is 22.7 Å². The number of halogens is 1. The third kappa shape index (κ3) is 4.98. The lowest BCUT2D eigenvalue weighted by Gasteiger charge is -2.39. The molecule has 2 fully saturated rings. The van der Waals surface area contributed by atoms with Crippen LogP contribution in [-0.4, -0.2) is 73.9 Å². The molecule has 0 radical (unpaired) electrons. The molecule has 0 aromatic heterocycles.